The van der Waals surface area contributed by atoms with Gasteiger partial charge in [0, 0.05) is 12.5 Å². The largest absolute Gasteiger partial charge is 0.396 e. The van der Waals surface area contributed by atoms with E-state index >= 15 is 0 Å². The van der Waals surface area contributed by atoms with E-state index in [1.165, 1.54) is 0 Å². The molecule has 2 heterocycles. The van der Waals surface area contributed by atoms with Crippen molar-refractivity contribution >= 4 is 0 Å². The summed E-state index contributed by atoms with van der Waals surface area (Å²) in [5.41, 5.74) is 0. The summed E-state index contributed by atoms with van der Waals surface area (Å²) >= 11 is 0. The van der Waals surface area contributed by atoms with E-state index < -0.39 is 0 Å². The minimum absolute atomic E-state index is 0.222. The molecule has 0 saturated carbocycles. The lowest BCUT2D eigenvalue weighted by molar-refractivity contribution is 0.0949. The minimum atomic E-state index is 0.222. The number of aliphatic hydroxyl groups is 1. The molecule has 0 unspecified atom stereocenters. The molecule has 0 aromatic carbocycles. The van der Waals surface area contributed by atoms with Crippen LogP contribution in [-0.2, 0) is 4.74 Å². The van der Waals surface area contributed by atoms with Crippen molar-refractivity contribution in [3.63, 3.8) is 0 Å². The Kier molecular flexibility index (Phi) is 1.10. The van der Waals surface area contributed by atoms with E-state index in [0.717, 1.165) is 6.42 Å². The molecule has 1 saturated heterocycles. The van der Waals surface area contributed by atoms with Crippen molar-refractivity contribution in [1.29, 1.82) is 0 Å². The Bertz CT molecular complexity index is 142. The molecule has 2 aliphatic heterocycles. The quantitative estimate of drug-likeness (QED) is 0.513. The molecular weight excluding hydrogens is 116 g/mol. The number of ether oxygens (including phenoxy) is 1. The molecular formula is C7H10O2. The highest BCUT2D eigenvalue weighted by atomic mass is 16.5. The Morgan fingerprint density at radius 2 is 2.44 bits per heavy atom. The molecule has 9 heavy (non-hydrogen) atoms. The SMILES string of the molecule is OC[C@H]1C[C@H]2C=C[C@H]1O2. The van der Waals surface area contributed by atoms with Crippen molar-refractivity contribution in [2.45, 2.75) is 18.6 Å². The van der Waals surface area contributed by atoms with Crippen LogP contribution in [0.5, 0.6) is 0 Å². The third kappa shape index (κ3) is 0.705. The van der Waals surface area contributed by atoms with E-state index in [4.69, 9.17) is 9.84 Å². The van der Waals surface area contributed by atoms with Crippen LogP contribution >= 0.6 is 0 Å². The fourth-order valence-corrected chi connectivity index (χ4v) is 1.54. The van der Waals surface area contributed by atoms with Gasteiger partial charge in [-0.15, -0.1) is 0 Å². The van der Waals surface area contributed by atoms with Crippen molar-refractivity contribution in [2.75, 3.05) is 6.61 Å². The zero-order valence-corrected chi connectivity index (χ0v) is 5.16. The van der Waals surface area contributed by atoms with Gasteiger partial charge in [-0.25, -0.2) is 0 Å². The molecule has 0 radical (unpaired) electrons. The van der Waals surface area contributed by atoms with Gasteiger partial charge < -0.3 is 9.84 Å². The highest BCUT2D eigenvalue weighted by Gasteiger charge is 2.35. The molecule has 50 valence electrons. The van der Waals surface area contributed by atoms with Gasteiger partial charge in [-0.3, -0.25) is 0 Å². The van der Waals surface area contributed by atoms with E-state index in [1.807, 2.05) is 0 Å². The average molecular weight is 126 g/mol. The molecule has 2 bridgehead atoms. The van der Waals surface area contributed by atoms with Gasteiger partial charge in [0.25, 0.3) is 0 Å². The molecule has 1 fully saturated rings. The van der Waals surface area contributed by atoms with Crippen LogP contribution in [0.3, 0.4) is 0 Å². The first-order valence-corrected chi connectivity index (χ1v) is 3.35. The van der Waals surface area contributed by atoms with Crippen molar-refractivity contribution in [1.82, 2.24) is 0 Å². The predicted molar refractivity (Wildman–Crippen MR) is 33.0 cm³/mol. The summed E-state index contributed by atoms with van der Waals surface area (Å²) in [6.07, 6.45) is 5.68. The Morgan fingerprint density at radius 3 is 2.78 bits per heavy atom. The second-order valence-electron chi connectivity index (χ2n) is 2.70. The fraction of sp³-hybridized carbons (Fsp3) is 0.714. The van der Waals surface area contributed by atoms with Crippen LogP contribution in [0.2, 0.25) is 0 Å². The van der Waals surface area contributed by atoms with Gasteiger partial charge in [0.15, 0.2) is 0 Å². The zero-order chi connectivity index (χ0) is 6.27. The molecule has 1 N–H and O–H groups in total. The molecule has 0 aliphatic carbocycles. The van der Waals surface area contributed by atoms with Crippen LogP contribution < -0.4 is 0 Å². The molecule has 2 rings (SSSR count). The van der Waals surface area contributed by atoms with Crippen LogP contribution in [-0.4, -0.2) is 23.9 Å². The first-order valence-electron chi connectivity index (χ1n) is 3.35. The molecule has 0 spiro atoms. The van der Waals surface area contributed by atoms with Crippen LogP contribution in [0.1, 0.15) is 6.42 Å². The molecule has 2 nitrogen and oxygen atoms in total. The van der Waals surface area contributed by atoms with E-state index in [-0.39, 0.29) is 12.7 Å². The first kappa shape index (κ1) is 5.45. The summed E-state index contributed by atoms with van der Waals surface area (Å²) < 4.78 is 5.40. The number of aliphatic hydroxyl groups excluding tert-OH is 1. The lowest BCUT2D eigenvalue weighted by Gasteiger charge is -2.10. The zero-order valence-electron chi connectivity index (χ0n) is 5.16. The van der Waals surface area contributed by atoms with E-state index in [0.29, 0.717) is 12.0 Å². The van der Waals surface area contributed by atoms with Crippen LogP contribution in [0.15, 0.2) is 12.2 Å². The number of rotatable bonds is 1. The summed E-state index contributed by atoms with van der Waals surface area (Å²) in [5.74, 6) is 0.375. The normalized spacial score (nSPS) is 46.6. The third-order valence-electron chi connectivity index (χ3n) is 2.08. The van der Waals surface area contributed by atoms with E-state index in [9.17, 15) is 0 Å². The summed E-state index contributed by atoms with van der Waals surface area (Å²) in [6.45, 7) is 0.269. The fourth-order valence-electron chi connectivity index (χ4n) is 1.54. The molecule has 0 aromatic rings. The number of fused-ring (bicyclic) bond motifs is 2. The third-order valence-corrected chi connectivity index (χ3v) is 2.08. The molecule has 2 heteroatoms. The highest BCUT2D eigenvalue weighted by Crippen LogP contribution is 2.32. The van der Waals surface area contributed by atoms with Crippen molar-refractivity contribution < 1.29 is 9.84 Å². The second-order valence-corrected chi connectivity index (χ2v) is 2.70. The maximum absolute atomic E-state index is 8.77. The maximum atomic E-state index is 8.77. The monoisotopic (exact) mass is 126 g/mol. The van der Waals surface area contributed by atoms with Gasteiger partial charge in [-0.05, 0) is 6.42 Å². The standard InChI is InChI=1S/C7H10O2/c8-4-5-3-6-1-2-7(5)9-6/h1-2,5-8H,3-4H2/t5-,6-,7-/m1/s1. The first-order chi connectivity index (χ1) is 4.40. The van der Waals surface area contributed by atoms with E-state index in [2.05, 4.69) is 12.2 Å². The summed E-state index contributed by atoms with van der Waals surface area (Å²) in [4.78, 5) is 0. The van der Waals surface area contributed by atoms with E-state index in [1.54, 1.807) is 0 Å². The Balaban J connectivity index is 2.10. The van der Waals surface area contributed by atoms with Gasteiger partial charge in [-0.1, -0.05) is 12.2 Å². The van der Waals surface area contributed by atoms with Crippen molar-refractivity contribution in [3.8, 4) is 0 Å². The molecule has 0 aromatic heterocycles. The van der Waals surface area contributed by atoms with Crippen molar-refractivity contribution in [3.05, 3.63) is 12.2 Å². The lowest BCUT2D eigenvalue weighted by atomic mass is 9.95. The lowest BCUT2D eigenvalue weighted by Crippen LogP contribution is -2.16. The van der Waals surface area contributed by atoms with Crippen LogP contribution in [0, 0.1) is 5.92 Å². The Labute approximate surface area is 54.1 Å². The minimum Gasteiger partial charge on any atom is -0.396 e. The molecule has 0 amide bonds. The average Bonchev–Trinajstić information content (AvgIpc) is 2.45. The van der Waals surface area contributed by atoms with Gasteiger partial charge in [0.1, 0.15) is 0 Å². The number of hydrogen-bond donors (Lipinski definition) is 1. The van der Waals surface area contributed by atoms with Gasteiger partial charge >= 0.3 is 0 Å². The highest BCUT2D eigenvalue weighted by molar-refractivity contribution is 5.10. The second kappa shape index (κ2) is 1.82. The summed E-state index contributed by atoms with van der Waals surface area (Å²) in [6, 6.07) is 0. The Hall–Kier alpha value is -0.340. The van der Waals surface area contributed by atoms with Crippen LogP contribution in [0.4, 0.5) is 0 Å². The predicted octanol–water partition coefficient (Wildman–Crippen LogP) is 0.322. The number of hydrogen-bond acceptors (Lipinski definition) is 2. The topological polar surface area (TPSA) is 29.5 Å². The molecule has 2 aliphatic rings. The maximum Gasteiger partial charge on any atom is 0.0815 e. The summed E-state index contributed by atoms with van der Waals surface area (Å²) in [7, 11) is 0. The van der Waals surface area contributed by atoms with Gasteiger partial charge in [-0.2, -0.15) is 0 Å². The van der Waals surface area contributed by atoms with Crippen LogP contribution in [0.25, 0.3) is 0 Å². The van der Waals surface area contributed by atoms with Crippen molar-refractivity contribution in [2.24, 2.45) is 5.92 Å². The van der Waals surface area contributed by atoms with Gasteiger partial charge in [0.05, 0.1) is 12.2 Å². The smallest absolute Gasteiger partial charge is 0.0815 e. The molecule has 3 atom stereocenters. The Morgan fingerprint density at radius 1 is 1.56 bits per heavy atom. The summed E-state index contributed by atoms with van der Waals surface area (Å²) in [5, 5.41) is 8.77. The van der Waals surface area contributed by atoms with Gasteiger partial charge in [0.2, 0.25) is 0 Å².